The summed E-state index contributed by atoms with van der Waals surface area (Å²) in [5.41, 5.74) is 4.12. The molecule has 0 bridgehead atoms. The molecule has 0 atom stereocenters. The Bertz CT molecular complexity index is 740. The lowest BCUT2D eigenvalue weighted by atomic mass is 10.2. The molecule has 0 unspecified atom stereocenters. The molecule has 0 aliphatic heterocycles. The number of hydrogen-bond acceptors (Lipinski definition) is 5. The van der Waals surface area contributed by atoms with Crippen LogP contribution in [-0.2, 0) is 18.0 Å². The van der Waals surface area contributed by atoms with Gasteiger partial charge in [0.05, 0.1) is 16.8 Å². The second-order valence-corrected chi connectivity index (χ2v) is 5.57. The highest BCUT2D eigenvalue weighted by Gasteiger charge is 2.07. The van der Waals surface area contributed by atoms with E-state index >= 15 is 0 Å². The van der Waals surface area contributed by atoms with E-state index in [9.17, 15) is 4.79 Å². The number of thiazole rings is 1. The lowest BCUT2D eigenvalue weighted by molar-refractivity contribution is 0.0472. The van der Waals surface area contributed by atoms with E-state index < -0.39 is 0 Å². The summed E-state index contributed by atoms with van der Waals surface area (Å²) >= 11 is 1.53. The van der Waals surface area contributed by atoms with Gasteiger partial charge in [-0.1, -0.05) is 30.3 Å². The molecule has 1 heterocycles. The minimum absolute atomic E-state index is 0.266. The molecule has 3 aromatic rings. The van der Waals surface area contributed by atoms with Crippen LogP contribution in [-0.4, -0.2) is 11.0 Å². The first-order valence-electron chi connectivity index (χ1n) is 7.12. The van der Waals surface area contributed by atoms with Crippen LogP contribution < -0.4 is 4.74 Å². The number of hydrogen-bond donors (Lipinski definition) is 0. The summed E-state index contributed by atoms with van der Waals surface area (Å²) in [6.07, 6.45) is 0. The highest BCUT2D eigenvalue weighted by atomic mass is 32.1. The lowest BCUT2D eigenvalue weighted by Gasteiger charge is -2.07. The van der Waals surface area contributed by atoms with Crippen molar-refractivity contribution in [2.24, 2.45) is 0 Å². The maximum atomic E-state index is 12.0. The van der Waals surface area contributed by atoms with E-state index in [1.54, 1.807) is 29.8 Å². The smallest absolute Gasteiger partial charge is 0.338 e. The Balaban J connectivity index is 1.53. The van der Waals surface area contributed by atoms with Gasteiger partial charge in [-0.25, -0.2) is 9.78 Å². The van der Waals surface area contributed by atoms with E-state index in [1.165, 1.54) is 11.3 Å². The molecule has 0 radical (unpaired) electrons. The third-order valence-corrected chi connectivity index (χ3v) is 3.81. The monoisotopic (exact) mass is 325 g/mol. The lowest BCUT2D eigenvalue weighted by Crippen LogP contribution is -2.05. The molecule has 0 aliphatic carbocycles. The highest BCUT2D eigenvalue weighted by molar-refractivity contribution is 7.07. The van der Waals surface area contributed by atoms with Gasteiger partial charge in [0, 0.05) is 5.38 Å². The van der Waals surface area contributed by atoms with E-state index in [2.05, 4.69) is 4.98 Å². The van der Waals surface area contributed by atoms with Gasteiger partial charge >= 0.3 is 5.97 Å². The molecule has 1 aromatic heterocycles. The van der Waals surface area contributed by atoms with E-state index in [4.69, 9.17) is 9.47 Å². The van der Waals surface area contributed by atoms with Gasteiger partial charge in [-0.2, -0.15) is 0 Å². The summed E-state index contributed by atoms with van der Waals surface area (Å²) in [5, 5.41) is 1.94. The maximum absolute atomic E-state index is 12.0. The van der Waals surface area contributed by atoms with Crippen molar-refractivity contribution in [1.29, 1.82) is 0 Å². The minimum atomic E-state index is -0.347. The second-order valence-electron chi connectivity index (χ2n) is 4.85. The van der Waals surface area contributed by atoms with Crippen LogP contribution in [0, 0.1) is 0 Å². The molecule has 0 fully saturated rings. The molecule has 3 rings (SSSR count). The Morgan fingerprint density at radius 3 is 2.48 bits per heavy atom. The number of aromatic nitrogens is 1. The zero-order valence-electron chi connectivity index (χ0n) is 12.3. The Morgan fingerprint density at radius 2 is 1.78 bits per heavy atom. The van der Waals surface area contributed by atoms with Crippen LogP contribution in [0.1, 0.15) is 21.6 Å². The first-order chi connectivity index (χ1) is 11.3. The zero-order chi connectivity index (χ0) is 15.9. The number of carbonyl (C=O) groups excluding carboxylic acids is 1. The summed E-state index contributed by atoms with van der Waals surface area (Å²) in [6, 6.07) is 16.5. The van der Waals surface area contributed by atoms with Crippen LogP contribution in [0.5, 0.6) is 5.75 Å². The van der Waals surface area contributed by atoms with Gasteiger partial charge in [0.15, 0.2) is 0 Å². The highest BCUT2D eigenvalue weighted by Crippen LogP contribution is 2.15. The van der Waals surface area contributed by atoms with Crippen molar-refractivity contribution >= 4 is 17.3 Å². The molecule has 116 valence electrons. The normalized spacial score (nSPS) is 10.3. The summed E-state index contributed by atoms with van der Waals surface area (Å²) in [6.45, 7) is 0.684. The van der Waals surface area contributed by atoms with Crippen LogP contribution in [0.3, 0.4) is 0 Å². The van der Waals surface area contributed by atoms with Crippen LogP contribution in [0.15, 0.2) is 65.5 Å². The summed E-state index contributed by atoms with van der Waals surface area (Å²) in [4.78, 5) is 16.2. The summed E-state index contributed by atoms with van der Waals surface area (Å²) in [5.74, 6) is 0.345. The fourth-order valence-electron chi connectivity index (χ4n) is 1.96. The molecule has 0 saturated heterocycles. The van der Waals surface area contributed by atoms with E-state index in [0.717, 1.165) is 11.3 Å². The molecule has 0 amide bonds. The fourth-order valence-corrected chi connectivity index (χ4v) is 2.50. The number of esters is 1. The zero-order valence-corrected chi connectivity index (χ0v) is 13.2. The molecule has 0 spiro atoms. The molecular formula is C18H15NO3S. The van der Waals surface area contributed by atoms with Crippen molar-refractivity contribution in [1.82, 2.24) is 4.98 Å². The van der Waals surface area contributed by atoms with Crippen molar-refractivity contribution in [3.8, 4) is 5.75 Å². The van der Waals surface area contributed by atoms with Crippen molar-refractivity contribution < 1.29 is 14.3 Å². The van der Waals surface area contributed by atoms with Gasteiger partial charge in [-0.15, -0.1) is 11.3 Å². The van der Waals surface area contributed by atoms with Gasteiger partial charge in [0.25, 0.3) is 0 Å². The molecular weight excluding hydrogens is 310 g/mol. The van der Waals surface area contributed by atoms with Crippen molar-refractivity contribution in [3.63, 3.8) is 0 Å². The number of ether oxygens (including phenoxy) is 2. The Morgan fingerprint density at radius 1 is 1.00 bits per heavy atom. The van der Waals surface area contributed by atoms with Crippen LogP contribution >= 0.6 is 11.3 Å². The number of nitrogens with zero attached hydrogens (tertiary/aromatic N) is 1. The topological polar surface area (TPSA) is 48.4 Å². The SMILES string of the molecule is O=C(OCc1ccccc1)c1ccc(OCc2cscn2)cc1. The molecule has 4 nitrogen and oxygen atoms in total. The summed E-state index contributed by atoms with van der Waals surface area (Å²) in [7, 11) is 0. The first-order valence-corrected chi connectivity index (χ1v) is 8.06. The van der Waals surface area contributed by atoms with E-state index in [0.29, 0.717) is 17.9 Å². The average Bonchev–Trinajstić information content (AvgIpc) is 3.13. The number of rotatable bonds is 6. The van der Waals surface area contributed by atoms with Crippen LogP contribution in [0.2, 0.25) is 0 Å². The molecule has 0 saturated carbocycles. The van der Waals surface area contributed by atoms with Gasteiger partial charge in [0.2, 0.25) is 0 Å². The van der Waals surface area contributed by atoms with Crippen molar-refractivity contribution in [2.45, 2.75) is 13.2 Å². The predicted octanol–water partition coefficient (Wildman–Crippen LogP) is 4.08. The standard InChI is InChI=1S/C18H15NO3S/c20-18(22-10-14-4-2-1-3-5-14)15-6-8-17(9-7-15)21-11-16-12-23-13-19-16/h1-9,12-13H,10-11H2. The Hall–Kier alpha value is -2.66. The minimum Gasteiger partial charge on any atom is -0.487 e. The van der Waals surface area contributed by atoms with Crippen LogP contribution in [0.25, 0.3) is 0 Å². The molecule has 2 aromatic carbocycles. The third-order valence-electron chi connectivity index (χ3n) is 3.17. The van der Waals surface area contributed by atoms with Crippen molar-refractivity contribution in [2.75, 3.05) is 0 Å². The predicted molar refractivity (Wildman–Crippen MR) is 88.4 cm³/mol. The van der Waals surface area contributed by atoms with E-state index in [1.807, 2.05) is 35.7 Å². The largest absolute Gasteiger partial charge is 0.487 e. The Kier molecular flexibility index (Phi) is 5.01. The van der Waals surface area contributed by atoms with Crippen LogP contribution in [0.4, 0.5) is 0 Å². The van der Waals surface area contributed by atoms with E-state index in [-0.39, 0.29) is 12.6 Å². The quantitative estimate of drug-likeness (QED) is 0.641. The molecule has 23 heavy (non-hydrogen) atoms. The maximum Gasteiger partial charge on any atom is 0.338 e. The number of benzene rings is 2. The number of carbonyl (C=O) groups is 1. The van der Waals surface area contributed by atoms with Gasteiger partial charge in [-0.05, 0) is 29.8 Å². The molecule has 0 aliphatic rings. The first kappa shape index (κ1) is 15.2. The summed E-state index contributed by atoms with van der Waals surface area (Å²) < 4.78 is 10.9. The molecule has 0 N–H and O–H groups in total. The third kappa shape index (κ3) is 4.40. The van der Waals surface area contributed by atoms with Gasteiger partial charge < -0.3 is 9.47 Å². The molecule has 5 heteroatoms. The van der Waals surface area contributed by atoms with Gasteiger partial charge in [-0.3, -0.25) is 0 Å². The fraction of sp³-hybridized carbons (Fsp3) is 0.111. The van der Waals surface area contributed by atoms with Crippen molar-refractivity contribution in [3.05, 3.63) is 82.3 Å². The average molecular weight is 325 g/mol. The second kappa shape index (κ2) is 7.56. The van der Waals surface area contributed by atoms with Gasteiger partial charge in [0.1, 0.15) is 19.0 Å². The Labute approximate surface area is 138 Å².